The zero-order valence-corrected chi connectivity index (χ0v) is 21.0. The summed E-state index contributed by atoms with van der Waals surface area (Å²) in [5.41, 5.74) is 9.16. The fourth-order valence-electron chi connectivity index (χ4n) is 4.79. The van der Waals surface area contributed by atoms with Crippen LogP contribution in [0.1, 0.15) is 74.7 Å². The molecule has 4 rings (SSSR count). The van der Waals surface area contributed by atoms with Crippen LogP contribution in [0.25, 0.3) is 0 Å². The lowest BCUT2D eigenvalue weighted by Crippen LogP contribution is -2.45. The number of ether oxygens (including phenoxy) is 3. The number of likely N-dealkylation sites (tertiary alicyclic amines) is 1. The summed E-state index contributed by atoms with van der Waals surface area (Å²) < 4.78 is 18.5. The van der Waals surface area contributed by atoms with Crippen LogP contribution in [0.2, 0.25) is 0 Å². The quantitative estimate of drug-likeness (QED) is 0.576. The van der Waals surface area contributed by atoms with E-state index >= 15 is 0 Å². The number of esters is 1. The number of aliphatic hydroxyl groups excluding tert-OH is 1. The van der Waals surface area contributed by atoms with Crippen LogP contribution in [-0.4, -0.2) is 46.8 Å². The Morgan fingerprint density at radius 2 is 1.71 bits per heavy atom. The molecule has 0 saturated carbocycles. The number of nitrogens with two attached hydrogens (primary N) is 1. The predicted octanol–water partition coefficient (Wildman–Crippen LogP) is 3.99. The number of carbonyl (C=O) groups is 1. The maximum absolute atomic E-state index is 12.8. The van der Waals surface area contributed by atoms with E-state index in [9.17, 15) is 9.90 Å². The Balaban J connectivity index is 1.52. The summed E-state index contributed by atoms with van der Waals surface area (Å²) >= 11 is 0. The van der Waals surface area contributed by atoms with Crippen molar-refractivity contribution in [2.45, 2.75) is 83.3 Å². The van der Waals surface area contributed by atoms with E-state index in [0.717, 1.165) is 41.6 Å². The Morgan fingerprint density at radius 3 is 2.34 bits per heavy atom. The van der Waals surface area contributed by atoms with Gasteiger partial charge >= 0.3 is 5.97 Å². The van der Waals surface area contributed by atoms with E-state index in [1.807, 2.05) is 69.3 Å². The van der Waals surface area contributed by atoms with Gasteiger partial charge in [0.1, 0.15) is 11.6 Å². The maximum Gasteiger partial charge on any atom is 0.323 e. The lowest BCUT2D eigenvalue weighted by Gasteiger charge is -2.38. The van der Waals surface area contributed by atoms with Crippen LogP contribution in [0.4, 0.5) is 0 Å². The van der Waals surface area contributed by atoms with Crippen LogP contribution in [0, 0.1) is 0 Å². The van der Waals surface area contributed by atoms with Gasteiger partial charge in [0.25, 0.3) is 0 Å². The first-order valence-electron chi connectivity index (χ1n) is 12.5. The predicted molar refractivity (Wildman–Crippen MR) is 133 cm³/mol. The fraction of sp³-hybridized carbons (Fsp3) is 0.536. The van der Waals surface area contributed by atoms with Crippen molar-refractivity contribution in [3.8, 4) is 0 Å². The second-order valence-electron chi connectivity index (χ2n) is 10.5. The standard InChI is InChI=1S/C28H38N2O5/c1-28(2,3)35-26(32)24-5-4-14-30(24)17-23-15-25(21-10-8-20(18-31)9-11-21)34-27(33-23)22-12-6-19(16-29)7-13-22/h6-13,23-25,27,31H,4-5,14-18,29H2,1-3H3/t23-,24-,25+,27+/m0/s1. The summed E-state index contributed by atoms with van der Waals surface area (Å²) in [4.78, 5) is 15.0. The van der Waals surface area contributed by atoms with Crippen molar-refractivity contribution >= 4 is 5.97 Å². The van der Waals surface area contributed by atoms with Gasteiger partial charge in [0.2, 0.25) is 0 Å². The normalized spacial score (nSPS) is 25.5. The van der Waals surface area contributed by atoms with Crippen LogP contribution in [-0.2, 0) is 32.2 Å². The van der Waals surface area contributed by atoms with Crippen LogP contribution in [0.3, 0.4) is 0 Å². The van der Waals surface area contributed by atoms with Gasteiger partial charge in [0.15, 0.2) is 6.29 Å². The van der Waals surface area contributed by atoms with Gasteiger partial charge in [0.05, 0.1) is 18.8 Å². The molecule has 2 aromatic rings. The molecule has 2 fully saturated rings. The minimum Gasteiger partial charge on any atom is -0.459 e. The molecule has 0 aromatic heterocycles. The van der Waals surface area contributed by atoms with E-state index in [1.165, 1.54) is 0 Å². The molecular formula is C28H38N2O5. The Morgan fingerprint density at radius 1 is 1.06 bits per heavy atom. The lowest BCUT2D eigenvalue weighted by molar-refractivity contribution is -0.253. The second-order valence-corrected chi connectivity index (χ2v) is 10.5. The molecule has 0 aliphatic carbocycles. The number of nitrogens with zero attached hydrogens (tertiary/aromatic N) is 1. The molecule has 0 radical (unpaired) electrons. The Hall–Kier alpha value is -2.29. The van der Waals surface area contributed by atoms with E-state index in [1.54, 1.807) is 0 Å². The zero-order chi connectivity index (χ0) is 25.0. The summed E-state index contributed by atoms with van der Waals surface area (Å²) in [5.74, 6) is -0.160. The molecule has 0 amide bonds. The monoisotopic (exact) mass is 482 g/mol. The molecule has 35 heavy (non-hydrogen) atoms. The Bertz CT molecular complexity index is 915. The molecule has 2 saturated heterocycles. The third kappa shape index (κ3) is 6.68. The van der Waals surface area contributed by atoms with Crippen molar-refractivity contribution in [2.24, 2.45) is 5.73 Å². The number of benzene rings is 2. The van der Waals surface area contributed by atoms with Gasteiger partial charge in [-0.2, -0.15) is 0 Å². The van der Waals surface area contributed by atoms with Gasteiger partial charge in [0, 0.05) is 25.1 Å². The fourth-order valence-corrected chi connectivity index (χ4v) is 4.79. The molecule has 0 spiro atoms. The van der Waals surface area contributed by atoms with E-state index < -0.39 is 11.9 Å². The summed E-state index contributed by atoms with van der Waals surface area (Å²) in [6.07, 6.45) is 1.63. The lowest BCUT2D eigenvalue weighted by atomic mass is 9.99. The minimum atomic E-state index is -0.523. The zero-order valence-electron chi connectivity index (χ0n) is 21.0. The van der Waals surface area contributed by atoms with Gasteiger partial charge in [-0.3, -0.25) is 9.69 Å². The van der Waals surface area contributed by atoms with Gasteiger partial charge in [-0.25, -0.2) is 0 Å². The Kier molecular flexibility index (Phi) is 8.24. The molecule has 2 aliphatic heterocycles. The molecule has 190 valence electrons. The Labute approximate surface area is 208 Å². The molecule has 7 nitrogen and oxygen atoms in total. The van der Waals surface area contributed by atoms with E-state index in [-0.39, 0.29) is 30.8 Å². The van der Waals surface area contributed by atoms with Crippen LogP contribution in [0.15, 0.2) is 48.5 Å². The SMILES string of the molecule is CC(C)(C)OC(=O)[C@@H]1CCCN1C[C@@H]1C[C@H](c2ccc(CO)cc2)O[C@H](c2ccc(CN)cc2)O1. The molecule has 2 aliphatic rings. The molecule has 2 aromatic carbocycles. The molecule has 3 N–H and O–H groups in total. The van der Waals surface area contributed by atoms with E-state index in [2.05, 4.69) is 4.90 Å². The molecule has 7 heteroatoms. The van der Waals surface area contributed by atoms with Crippen molar-refractivity contribution in [1.29, 1.82) is 0 Å². The number of carbonyl (C=O) groups excluding carboxylic acids is 1. The minimum absolute atomic E-state index is 0.00860. The van der Waals surface area contributed by atoms with Crippen molar-refractivity contribution in [1.82, 2.24) is 4.90 Å². The van der Waals surface area contributed by atoms with Gasteiger partial charge in [-0.15, -0.1) is 0 Å². The van der Waals surface area contributed by atoms with Gasteiger partial charge in [-0.05, 0) is 56.8 Å². The van der Waals surface area contributed by atoms with Crippen LogP contribution in [0.5, 0.6) is 0 Å². The number of hydrogen-bond acceptors (Lipinski definition) is 7. The first-order valence-corrected chi connectivity index (χ1v) is 12.5. The third-order valence-electron chi connectivity index (χ3n) is 6.58. The van der Waals surface area contributed by atoms with E-state index in [0.29, 0.717) is 19.5 Å². The summed E-state index contributed by atoms with van der Waals surface area (Å²) in [7, 11) is 0. The van der Waals surface area contributed by atoms with Crippen molar-refractivity contribution in [3.05, 3.63) is 70.8 Å². The molecule has 4 atom stereocenters. The molecule has 0 unspecified atom stereocenters. The van der Waals surface area contributed by atoms with Crippen molar-refractivity contribution in [3.63, 3.8) is 0 Å². The first kappa shape index (κ1) is 25.8. The molecule has 0 bridgehead atoms. The largest absolute Gasteiger partial charge is 0.459 e. The summed E-state index contributed by atoms with van der Waals surface area (Å²) in [5, 5.41) is 9.41. The third-order valence-corrected chi connectivity index (χ3v) is 6.58. The molecule has 2 heterocycles. The number of aliphatic hydroxyl groups is 1. The van der Waals surface area contributed by atoms with Crippen molar-refractivity contribution < 1.29 is 24.1 Å². The van der Waals surface area contributed by atoms with Crippen LogP contribution >= 0.6 is 0 Å². The summed E-state index contributed by atoms with van der Waals surface area (Å²) in [6, 6.07) is 15.6. The number of rotatable bonds is 7. The van der Waals surface area contributed by atoms with Crippen molar-refractivity contribution in [2.75, 3.05) is 13.1 Å². The molecular weight excluding hydrogens is 444 g/mol. The van der Waals surface area contributed by atoms with Gasteiger partial charge in [-0.1, -0.05) is 48.5 Å². The highest BCUT2D eigenvalue weighted by molar-refractivity contribution is 5.76. The van der Waals surface area contributed by atoms with Crippen LogP contribution < -0.4 is 5.73 Å². The first-order chi connectivity index (χ1) is 16.8. The summed E-state index contributed by atoms with van der Waals surface area (Å²) in [6.45, 7) is 7.67. The smallest absolute Gasteiger partial charge is 0.323 e. The topological polar surface area (TPSA) is 94.2 Å². The second kappa shape index (κ2) is 11.2. The highest BCUT2D eigenvalue weighted by Crippen LogP contribution is 2.38. The highest BCUT2D eigenvalue weighted by atomic mass is 16.7. The highest BCUT2D eigenvalue weighted by Gasteiger charge is 2.38. The average molecular weight is 483 g/mol. The van der Waals surface area contributed by atoms with E-state index in [4.69, 9.17) is 19.9 Å². The van der Waals surface area contributed by atoms with Gasteiger partial charge < -0.3 is 25.1 Å². The average Bonchev–Trinajstić information content (AvgIpc) is 3.31. The number of hydrogen-bond donors (Lipinski definition) is 2. The maximum atomic E-state index is 12.8.